The Bertz CT molecular complexity index is 867. The topological polar surface area (TPSA) is 78.9 Å². The Morgan fingerprint density at radius 3 is 2.58 bits per heavy atom. The van der Waals surface area contributed by atoms with Gasteiger partial charge in [0.25, 0.3) is 0 Å². The van der Waals surface area contributed by atoms with Crippen molar-refractivity contribution in [2.45, 2.75) is 32.1 Å². The fourth-order valence-electron chi connectivity index (χ4n) is 3.82. The number of hydrogen-bond acceptors (Lipinski definition) is 5. The van der Waals surface area contributed by atoms with E-state index in [9.17, 15) is 9.59 Å². The highest BCUT2D eigenvalue weighted by molar-refractivity contribution is 6.33. The molecule has 3 rings (SSSR count). The number of carboxylic acid groups (broad SMARTS) is 1. The van der Waals surface area contributed by atoms with Gasteiger partial charge in [-0.2, -0.15) is 0 Å². The molecule has 0 aromatic heterocycles. The maximum atomic E-state index is 12.0. The molecule has 1 saturated heterocycles. The highest BCUT2D eigenvalue weighted by Gasteiger charge is 2.20. The zero-order chi connectivity index (χ0) is 22.1. The number of hydrogen-bond donors (Lipinski definition) is 2. The van der Waals surface area contributed by atoms with Crippen molar-refractivity contribution in [2.24, 2.45) is 5.92 Å². The molecule has 1 fully saturated rings. The summed E-state index contributed by atoms with van der Waals surface area (Å²) in [5.74, 6) is -0.463. The summed E-state index contributed by atoms with van der Waals surface area (Å²) < 4.78 is 5.38. The largest absolute Gasteiger partial charge is 0.481 e. The van der Waals surface area contributed by atoms with Crippen LogP contribution >= 0.6 is 11.6 Å². The molecule has 1 aliphatic rings. The molecule has 7 heteroatoms. The SMILES string of the molecule is O=C(O)CCNc1cc(N2CCC(CCCOC(=O)c3ccccc3)CC2)ccc1Cl. The quantitative estimate of drug-likeness (QED) is 0.393. The normalized spacial score (nSPS) is 14.3. The van der Waals surface area contributed by atoms with Gasteiger partial charge in [0.05, 0.1) is 29.3 Å². The number of carboxylic acids is 1. The lowest BCUT2D eigenvalue weighted by Crippen LogP contribution is -2.33. The number of ether oxygens (including phenoxy) is 1. The van der Waals surface area contributed by atoms with Gasteiger partial charge >= 0.3 is 11.9 Å². The fraction of sp³-hybridized carbons (Fsp3) is 0.417. The van der Waals surface area contributed by atoms with Crippen LogP contribution in [0.2, 0.25) is 5.02 Å². The van der Waals surface area contributed by atoms with Crippen LogP contribution in [0.3, 0.4) is 0 Å². The van der Waals surface area contributed by atoms with E-state index in [4.69, 9.17) is 21.4 Å². The number of nitrogens with one attached hydrogen (secondary N) is 1. The maximum Gasteiger partial charge on any atom is 0.338 e. The van der Waals surface area contributed by atoms with Crippen LogP contribution in [-0.2, 0) is 9.53 Å². The van der Waals surface area contributed by atoms with E-state index >= 15 is 0 Å². The zero-order valence-electron chi connectivity index (χ0n) is 17.6. The molecule has 1 aliphatic heterocycles. The average Bonchev–Trinajstić information content (AvgIpc) is 2.78. The Labute approximate surface area is 188 Å². The third-order valence-corrected chi connectivity index (χ3v) is 5.91. The third-order valence-electron chi connectivity index (χ3n) is 5.58. The molecule has 0 spiro atoms. The molecule has 0 aliphatic carbocycles. The standard InChI is InChI=1S/C24H29ClN2O4/c25-21-9-8-20(17-22(21)26-13-10-23(28)29)27-14-11-18(12-15-27)5-4-16-31-24(30)19-6-2-1-3-7-19/h1-3,6-9,17-18,26H,4-5,10-16H2,(H,28,29). The van der Waals surface area contributed by atoms with Crippen molar-refractivity contribution in [3.8, 4) is 0 Å². The van der Waals surface area contributed by atoms with Crippen molar-refractivity contribution >= 4 is 34.9 Å². The van der Waals surface area contributed by atoms with Crippen molar-refractivity contribution < 1.29 is 19.4 Å². The first-order valence-electron chi connectivity index (χ1n) is 10.8. The van der Waals surface area contributed by atoms with E-state index in [1.165, 1.54) is 0 Å². The van der Waals surface area contributed by atoms with Crippen LogP contribution in [-0.4, -0.2) is 43.3 Å². The molecule has 2 aromatic carbocycles. The Balaban J connectivity index is 1.39. The lowest BCUT2D eigenvalue weighted by atomic mass is 9.92. The molecule has 0 radical (unpaired) electrons. The molecule has 2 N–H and O–H groups in total. The summed E-state index contributed by atoms with van der Waals surface area (Å²) in [4.78, 5) is 25.0. The zero-order valence-corrected chi connectivity index (χ0v) is 18.3. The lowest BCUT2D eigenvalue weighted by Gasteiger charge is -2.34. The van der Waals surface area contributed by atoms with Gasteiger partial charge in [0.1, 0.15) is 0 Å². The summed E-state index contributed by atoms with van der Waals surface area (Å²) in [5, 5.41) is 12.5. The summed E-state index contributed by atoms with van der Waals surface area (Å²) in [7, 11) is 0. The predicted molar refractivity (Wildman–Crippen MR) is 123 cm³/mol. The Morgan fingerprint density at radius 2 is 1.87 bits per heavy atom. The summed E-state index contributed by atoms with van der Waals surface area (Å²) in [6, 6.07) is 14.9. The number of rotatable bonds is 10. The van der Waals surface area contributed by atoms with Gasteiger partial charge in [-0.05, 0) is 61.9 Å². The number of halogens is 1. The summed E-state index contributed by atoms with van der Waals surface area (Å²) in [5.41, 5.74) is 2.45. The van der Waals surface area contributed by atoms with Gasteiger partial charge < -0.3 is 20.1 Å². The average molecular weight is 445 g/mol. The lowest BCUT2D eigenvalue weighted by molar-refractivity contribution is -0.136. The van der Waals surface area contributed by atoms with Gasteiger partial charge in [-0.15, -0.1) is 0 Å². The van der Waals surface area contributed by atoms with E-state index in [1.54, 1.807) is 12.1 Å². The van der Waals surface area contributed by atoms with Crippen LogP contribution in [0.15, 0.2) is 48.5 Å². The molecule has 0 bridgehead atoms. The van der Waals surface area contributed by atoms with Crippen molar-refractivity contribution in [1.82, 2.24) is 0 Å². The first-order valence-corrected chi connectivity index (χ1v) is 11.1. The van der Waals surface area contributed by atoms with Crippen LogP contribution in [0, 0.1) is 5.92 Å². The number of esters is 1. The van der Waals surface area contributed by atoms with Crippen molar-refractivity contribution in [3.63, 3.8) is 0 Å². The molecule has 31 heavy (non-hydrogen) atoms. The van der Waals surface area contributed by atoms with E-state index in [2.05, 4.69) is 10.2 Å². The highest BCUT2D eigenvalue weighted by Crippen LogP contribution is 2.31. The summed E-state index contributed by atoms with van der Waals surface area (Å²) in [6.07, 6.45) is 4.17. The molecule has 0 amide bonds. The molecule has 0 unspecified atom stereocenters. The van der Waals surface area contributed by atoms with Crippen molar-refractivity contribution in [2.75, 3.05) is 36.5 Å². The van der Waals surface area contributed by atoms with E-state index in [1.807, 2.05) is 36.4 Å². The minimum Gasteiger partial charge on any atom is -0.481 e. The number of aliphatic carboxylic acids is 1. The van der Waals surface area contributed by atoms with E-state index in [0.29, 0.717) is 29.7 Å². The van der Waals surface area contributed by atoms with Crippen molar-refractivity contribution in [3.05, 3.63) is 59.1 Å². The number of piperidine rings is 1. The minimum absolute atomic E-state index is 0.0482. The Hall–Kier alpha value is -2.73. The minimum atomic E-state index is -0.836. The van der Waals surface area contributed by atoms with Gasteiger partial charge in [-0.1, -0.05) is 29.8 Å². The number of carbonyl (C=O) groups is 2. The molecule has 0 atom stereocenters. The van der Waals surface area contributed by atoms with Crippen LogP contribution in [0.1, 0.15) is 42.5 Å². The molecule has 6 nitrogen and oxygen atoms in total. The number of carbonyl (C=O) groups excluding carboxylic acids is 1. The van der Waals surface area contributed by atoms with Crippen LogP contribution < -0.4 is 10.2 Å². The molecule has 166 valence electrons. The second kappa shape index (κ2) is 11.6. The first kappa shape index (κ1) is 22.9. The Kier molecular flexibility index (Phi) is 8.59. The molecule has 0 saturated carbocycles. The van der Waals surface area contributed by atoms with Gasteiger partial charge in [0, 0.05) is 25.3 Å². The smallest absolute Gasteiger partial charge is 0.338 e. The van der Waals surface area contributed by atoms with Crippen LogP contribution in [0.25, 0.3) is 0 Å². The first-order chi connectivity index (χ1) is 15.0. The van der Waals surface area contributed by atoms with Gasteiger partial charge in [-0.3, -0.25) is 4.79 Å². The predicted octanol–water partition coefficient (Wildman–Crippen LogP) is 5.08. The number of benzene rings is 2. The van der Waals surface area contributed by atoms with Crippen molar-refractivity contribution in [1.29, 1.82) is 0 Å². The van der Waals surface area contributed by atoms with E-state index in [-0.39, 0.29) is 12.4 Å². The number of nitrogens with zero attached hydrogens (tertiary/aromatic N) is 1. The summed E-state index contributed by atoms with van der Waals surface area (Å²) >= 11 is 6.24. The Morgan fingerprint density at radius 1 is 1.13 bits per heavy atom. The fourth-order valence-corrected chi connectivity index (χ4v) is 4.01. The second-order valence-electron chi connectivity index (χ2n) is 7.81. The van der Waals surface area contributed by atoms with E-state index < -0.39 is 5.97 Å². The second-order valence-corrected chi connectivity index (χ2v) is 8.22. The van der Waals surface area contributed by atoms with Gasteiger partial charge in [0.2, 0.25) is 0 Å². The molecular formula is C24H29ClN2O4. The maximum absolute atomic E-state index is 12.0. The summed E-state index contributed by atoms with van der Waals surface area (Å²) in [6.45, 7) is 2.72. The molecule has 1 heterocycles. The van der Waals surface area contributed by atoms with Crippen LogP contribution in [0.5, 0.6) is 0 Å². The molecular weight excluding hydrogens is 416 g/mol. The van der Waals surface area contributed by atoms with E-state index in [0.717, 1.165) is 50.1 Å². The monoisotopic (exact) mass is 444 g/mol. The highest BCUT2D eigenvalue weighted by atomic mass is 35.5. The number of anilines is 2. The van der Waals surface area contributed by atoms with Gasteiger partial charge in [0.15, 0.2) is 0 Å². The van der Waals surface area contributed by atoms with Gasteiger partial charge in [-0.25, -0.2) is 4.79 Å². The third kappa shape index (κ3) is 7.17. The molecule has 2 aromatic rings. The van der Waals surface area contributed by atoms with Crippen LogP contribution in [0.4, 0.5) is 11.4 Å².